The van der Waals surface area contributed by atoms with Crippen LogP contribution in [0.2, 0.25) is 0 Å². The molecule has 0 saturated heterocycles. The Labute approximate surface area is 111 Å². The number of benzene rings is 2. The van der Waals surface area contributed by atoms with Crippen LogP contribution in [-0.4, -0.2) is 5.91 Å². The van der Waals surface area contributed by atoms with Crippen LogP contribution in [0.1, 0.15) is 22.0 Å². The van der Waals surface area contributed by atoms with E-state index in [2.05, 4.69) is 5.32 Å². The number of carbonyl (C=O) groups is 1. The Morgan fingerprint density at radius 2 is 1.74 bits per heavy atom. The minimum Gasteiger partial charge on any atom is -0.398 e. The molecule has 0 aliphatic heterocycles. The summed E-state index contributed by atoms with van der Waals surface area (Å²) >= 11 is 0. The van der Waals surface area contributed by atoms with Crippen molar-refractivity contribution in [1.29, 1.82) is 5.26 Å². The van der Waals surface area contributed by atoms with E-state index in [1.54, 1.807) is 48.5 Å². The van der Waals surface area contributed by atoms with E-state index in [0.717, 1.165) is 0 Å². The summed E-state index contributed by atoms with van der Waals surface area (Å²) in [5, 5.41) is 11.8. The van der Waals surface area contributed by atoms with Crippen molar-refractivity contribution in [1.82, 2.24) is 5.32 Å². The molecule has 0 aromatic heterocycles. The molecular weight excluding hydrogens is 238 g/mol. The summed E-state index contributed by atoms with van der Waals surface area (Å²) in [6.07, 6.45) is 0. The SMILES string of the molecule is N#CC(NC(=O)c1ccccc1)c1ccccc1N. The summed E-state index contributed by atoms with van der Waals surface area (Å²) in [5.41, 5.74) is 7.41. The summed E-state index contributed by atoms with van der Waals surface area (Å²) in [6, 6.07) is 17.0. The highest BCUT2D eigenvalue weighted by molar-refractivity contribution is 5.94. The first kappa shape index (κ1) is 12.7. The third kappa shape index (κ3) is 2.90. The first-order valence-electron chi connectivity index (χ1n) is 5.82. The zero-order valence-electron chi connectivity index (χ0n) is 10.2. The molecule has 1 atom stereocenters. The standard InChI is InChI=1S/C15H13N3O/c16-10-14(12-8-4-5-9-13(12)17)18-15(19)11-6-2-1-3-7-11/h1-9,14H,17H2,(H,18,19). The van der Waals surface area contributed by atoms with Gasteiger partial charge in [-0.3, -0.25) is 4.79 Å². The molecule has 0 radical (unpaired) electrons. The monoisotopic (exact) mass is 251 g/mol. The van der Waals surface area contributed by atoms with Gasteiger partial charge in [0, 0.05) is 16.8 Å². The van der Waals surface area contributed by atoms with Crippen LogP contribution in [0.15, 0.2) is 54.6 Å². The molecule has 1 amide bonds. The molecule has 19 heavy (non-hydrogen) atoms. The summed E-state index contributed by atoms with van der Waals surface area (Å²) in [4.78, 5) is 12.0. The third-order valence-electron chi connectivity index (χ3n) is 2.75. The summed E-state index contributed by atoms with van der Waals surface area (Å²) in [7, 11) is 0. The maximum atomic E-state index is 12.0. The van der Waals surface area contributed by atoms with Crippen molar-refractivity contribution in [2.24, 2.45) is 0 Å². The number of rotatable bonds is 3. The van der Waals surface area contributed by atoms with Gasteiger partial charge in [-0.1, -0.05) is 36.4 Å². The molecule has 94 valence electrons. The molecule has 0 heterocycles. The Balaban J connectivity index is 2.20. The lowest BCUT2D eigenvalue weighted by Gasteiger charge is -2.13. The average Bonchev–Trinajstić information content (AvgIpc) is 2.46. The van der Waals surface area contributed by atoms with Gasteiger partial charge in [0.2, 0.25) is 0 Å². The van der Waals surface area contributed by atoms with Crippen molar-refractivity contribution < 1.29 is 4.79 Å². The van der Waals surface area contributed by atoms with Gasteiger partial charge in [-0.2, -0.15) is 5.26 Å². The van der Waals surface area contributed by atoms with Gasteiger partial charge in [0.25, 0.3) is 5.91 Å². The second-order valence-electron chi connectivity index (χ2n) is 4.03. The van der Waals surface area contributed by atoms with E-state index in [1.807, 2.05) is 12.1 Å². The summed E-state index contributed by atoms with van der Waals surface area (Å²) < 4.78 is 0. The number of nitrogens with one attached hydrogen (secondary N) is 1. The highest BCUT2D eigenvalue weighted by Gasteiger charge is 2.16. The van der Waals surface area contributed by atoms with Crippen LogP contribution in [0.5, 0.6) is 0 Å². The second-order valence-corrected chi connectivity index (χ2v) is 4.03. The quantitative estimate of drug-likeness (QED) is 0.821. The second kappa shape index (κ2) is 5.69. The predicted molar refractivity (Wildman–Crippen MR) is 73.1 cm³/mol. The lowest BCUT2D eigenvalue weighted by molar-refractivity contribution is 0.0945. The van der Waals surface area contributed by atoms with Gasteiger partial charge in [0.1, 0.15) is 6.04 Å². The Hall–Kier alpha value is -2.80. The van der Waals surface area contributed by atoms with Crippen LogP contribution in [-0.2, 0) is 0 Å². The van der Waals surface area contributed by atoms with Crippen molar-refractivity contribution in [2.75, 3.05) is 5.73 Å². The summed E-state index contributed by atoms with van der Waals surface area (Å²) in [5.74, 6) is -0.296. The van der Waals surface area contributed by atoms with Gasteiger partial charge in [-0.15, -0.1) is 0 Å². The number of anilines is 1. The highest BCUT2D eigenvalue weighted by Crippen LogP contribution is 2.19. The number of nitrogens with zero attached hydrogens (tertiary/aromatic N) is 1. The molecule has 1 unspecified atom stereocenters. The van der Waals surface area contributed by atoms with Crippen LogP contribution in [0.3, 0.4) is 0 Å². The smallest absolute Gasteiger partial charge is 0.252 e. The van der Waals surface area contributed by atoms with Crippen LogP contribution in [0, 0.1) is 11.3 Å². The Morgan fingerprint density at radius 3 is 2.37 bits per heavy atom. The van der Waals surface area contributed by atoms with E-state index in [0.29, 0.717) is 16.8 Å². The number of hydrogen-bond donors (Lipinski definition) is 2. The molecule has 0 fully saturated rings. The number of nitriles is 1. The number of nitrogens with two attached hydrogens (primary N) is 1. The molecule has 4 heteroatoms. The fourth-order valence-electron chi connectivity index (χ4n) is 1.76. The largest absolute Gasteiger partial charge is 0.398 e. The molecule has 0 aliphatic carbocycles. The Morgan fingerprint density at radius 1 is 1.11 bits per heavy atom. The van der Waals surface area contributed by atoms with Crippen LogP contribution in [0.4, 0.5) is 5.69 Å². The van der Waals surface area contributed by atoms with E-state index in [4.69, 9.17) is 5.73 Å². The van der Waals surface area contributed by atoms with Gasteiger partial charge < -0.3 is 11.1 Å². The Bertz CT molecular complexity index is 617. The van der Waals surface area contributed by atoms with Gasteiger partial charge >= 0.3 is 0 Å². The van der Waals surface area contributed by atoms with Crippen LogP contribution >= 0.6 is 0 Å². The number of amides is 1. The van der Waals surface area contributed by atoms with Gasteiger partial charge in [0.05, 0.1) is 6.07 Å². The van der Waals surface area contributed by atoms with E-state index in [1.165, 1.54) is 0 Å². The van der Waals surface area contributed by atoms with Crippen LogP contribution in [0.25, 0.3) is 0 Å². The molecule has 2 aromatic carbocycles. The first-order valence-corrected chi connectivity index (χ1v) is 5.82. The number of hydrogen-bond acceptors (Lipinski definition) is 3. The highest BCUT2D eigenvalue weighted by atomic mass is 16.1. The van der Waals surface area contributed by atoms with E-state index in [-0.39, 0.29) is 5.91 Å². The Kier molecular flexibility index (Phi) is 3.79. The predicted octanol–water partition coefficient (Wildman–Crippen LogP) is 2.26. The normalized spacial score (nSPS) is 11.3. The molecular formula is C15H13N3O. The van der Waals surface area contributed by atoms with E-state index >= 15 is 0 Å². The topological polar surface area (TPSA) is 78.9 Å². The molecule has 2 aromatic rings. The molecule has 4 nitrogen and oxygen atoms in total. The molecule has 2 rings (SSSR count). The fourth-order valence-corrected chi connectivity index (χ4v) is 1.76. The van der Waals surface area contributed by atoms with E-state index in [9.17, 15) is 10.1 Å². The lowest BCUT2D eigenvalue weighted by atomic mass is 10.1. The van der Waals surface area contributed by atoms with E-state index < -0.39 is 6.04 Å². The maximum Gasteiger partial charge on any atom is 0.252 e. The van der Waals surface area contributed by atoms with Crippen LogP contribution < -0.4 is 11.1 Å². The van der Waals surface area contributed by atoms with Crippen molar-refractivity contribution >= 4 is 11.6 Å². The van der Waals surface area contributed by atoms with Gasteiger partial charge in [-0.05, 0) is 18.2 Å². The average molecular weight is 251 g/mol. The van der Waals surface area contributed by atoms with Gasteiger partial charge in [0.15, 0.2) is 0 Å². The fraction of sp³-hybridized carbons (Fsp3) is 0.0667. The zero-order chi connectivity index (χ0) is 13.7. The van der Waals surface area contributed by atoms with Gasteiger partial charge in [-0.25, -0.2) is 0 Å². The zero-order valence-corrected chi connectivity index (χ0v) is 10.2. The lowest BCUT2D eigenvalue weighted by Crippen LogP contribution is -2.28. The van der Waals surface area contributed by atoms with Crippen molar-refractivity contribution in [2.45, 2.75) is 6.04 Å². The number of para-hydroxylation sites is 1. The molecule has 0 bridgehead atoms. The minimum atomic E-state index is -0.756. The van der Waals surface area contributed by atoms with Crippen molar-refractivity contribution in [3.63, 3.8) is 0 Å². The molecule has 0 saturated carbocycles. The molecule has 0 spiro atoms. The van der Waals surface area contributed by atoms with Crippen molar-refractivity contribution in [3.8, 4) is 6.07 Å². The number of carbonyl (C=O) groups excluding carboxylic acids is 1. The van der Waals surface area contributed by atoms with Crippen molar-refractivity contribution in [3.05, 3.63) is 65.7 Å². The number of nitrogen functional groups attached to an aromatic ring is 1. The minimum absolute atomic E-state index is 0.296. The third-order valence-corrected chi connectivity index (χ3v) is 2.75. The first-order chi connectivity index (χ1) is 9.22. The summed E-state index contributed by atoms with van der Waals surface area (Å²) in [6.45, 7) is 0. The molecule has 3 N–H and O–H groups in total. The molecule has 0 aliphatic rings. The maximum absolute atomic E-state index is 12.0.